The molecule has 1 amide bonds. The summed E-state index contributed by atoms with van der Waals surface area (Å²) < 4.78 is 0. The van der Waals surface area contributed by atoms with Gasteiger partial charge in [0.1, 0.15) is 0 Å². The smallest absolute Gasteiger partial charge is 0.225 e. The molecule has 1 saturated heterocycles. The van der Waals surface area contributed by atoms with Crippen molar-refractivity contribution in [2.45, 2.75) is 19.4 Å². The Morgan fingerprint density at radius 2 is 2.33 bits per heavy atom. The molecule has 0 spiro atoms. The van der Waals surface area contributed by atoms with Gasteiger partial charge in [0.05, 0.1) is 18.9 Å². The molecule has 5 nitrogen and oxygen atoms in total. The van der Waals surface area contributed by atoms with E-state index in [1.54, 1.807) is 16.7 Å². The van der Waals surface area contributed by atoms with Gasteiger partial charge in [-0.2, -0.15) is 0 Å². The number of nitrogens with zero attached hydrogens (tertiary/aromatic N) is 2. The Morgan fingerprint density at radius 1 is 1.73 bits per heavy atom. The van der Waals surface area contributed by atoms with Crippen LogP contribution in [0.4, 0.5) is 0 Å². The summed E-state index contributed by atoms with van der Waals surface area (Å²) >= 11 is 0. The average molecular weight is 213 g/mol. The lowest BCUT2D eigenvalue weighted by molar-refractivity contribution is -0.139. The molecule has 1 aliphatic heterocycles. The van der Waals surface area contributed by atoms with Gasteiger partial charge in [-0.3, -0.25) is 10.2 Å². The monoisotopic (exact) mass is 213 g/mol. The number of hydrogen-bond acceptors (Lipinski definition) is 3. The van der Waals surface area contributed by atoms with Crippen LogP contribution in [0.25, 0.3) is 0 Å². The predicted molar refractivity (Wildman–Crippen MR) is 57.8 cm³/mol. The van der Waals surface area contributed by atoms with E-state index >= 15 is 0 Å². The molecule has 0 bridgehead atoms. The zero-order valence-electron chi connectivity index (χ0n) is 9.31. The minimum atomic E-state index is -0.555. The fraction of sp³-hybridized carbons (Fsp3) is 0.800. The standard InChI is InChI=1S/C10H19N3O2/c1-8(14)3-10(15)13-5-9(6-13)4-12(2)7-11/h7-9,11,14H,3-6H2,1-2H3. The maximum atomic E-state index is 11.4. The lowest BCUT2D eigenvalue weighted by atomic mass is 9.99. The third kappa shape index (κ3) is 3.51. The highest BCUT2D eigenvalue weighted by Crippen LogP contribution is 2.17. The molecule has 1 fully saturated rings. The van der Waals surface area contributed by atoms with Gasteiger partial charge >= 0.3 is 0 Å². The highest BCUT2D eigenvalue weighted by molar-refractivity contribution is 5.77. The van der Waals surface area contributed by atoms with E-state index in [-0.39, 0.29) is 12.3 Å². The lowest BCUT2D eigenvalue weighted by Crippen LogP contribution is -2.53. The molecule has 1 atom stereocenters. The van der Waals surface area contributed by atoms with Gasteiger partial charge in [-0.25, -0.2) is 0 Å². The van der Waals surface area contributed by atoms with Crippen LogP contribution in [0.1, 0.15) is 13.3 Å². The van der Waals surface area contributed by atoms with Crippen LogP contribution in [0.2, 0.25) is 0 Å². The molecule has 0 radical (unpaired) electrons. The molecular weight excluding hydrogens is 194 g/mol. The second-order valence-electron chi connectivity index (χ2n) is 4.29. The highest BCUT2D eigenvalue weighted by atomic mass is 16.3. The van der Waals surface area contributed by atoms with Crippen molar-refractivity contribution in [3.8, 4) is 0 Å². The SMILES string of the molecule is CC(O)CC(=O)N1CC(CN(C)C=N)C1. The van der Waals surface area contributed by atoms with E-state index in [1.807, 2.05) is 7.05 Å². The largest absolute Gasteiger partial charge is 0.393 e. The summed E-state index contributed by atoms with van der Waals surface area (Å²) in [6, 6.07) is 0. The van der Waals surface area contributed by atoms with Crippen LogP contribution in [0.3, 0.4) is 0 Å². The number of carbonyl (C=O) groups excluding carboxylic acids is 1. The van der Waals surface area contributed by atoms with E-state index in [0.717, 1.165) is 19.6 Å². The molecule has 2 N–H and O–H groups in total. The first kappa shape index (κ1) is 12.0. The third-order valence-corrected chi connectivity index (χ3v) is 2.55. The zero-order valence-corrected chi connectivity index (χ0v) is 9.31. The number of hydrogen-bond donors (Lipinski definition) is 2. The van der Waals surface area contributed by atoms with Crippen LogP contribution in [0, 0.1) is 11.3 Å². The van der Waals surface area contributed by atoms with Crippen LogP contribution in [0.15, 0.2) is 0 Å². The van der Waals surface area contributed by atoms with Crippen LogP contribution < -0.4 is 0 Å². The molecule has 1 unspecified atom stereocenters. The van der Waals surface area contributed by atoms with Crippen molar-refractivity contribution in [2.75, 3.05) is 26.7 Å². The van der Waals surface area contributed by atoms with Gasteiger partial charge in [0.2, 0.25) is 5.91 Å². The Hall–Kier alpha value is -1.10. The van der Waals surface area contributed by atoms with Crippen LogP contribution in [-0.4, -0.2) is 59.9 Å². The van der Waals surface area contributed by atoms with E-state index in [4.69, 9.17) is 10.5 Å². The molecule has 1 aliphatic rings. The summed E-state index contributed by atoms with van der Waals surface area (Å²) in [4.78, 5) is 15.0. The molecule has 0 aliphatic carbocycles. The van der Waals surface area contributed by atoms with E-state index < -0.39 is 6.10 Å². The number of aliphatic hydroxyl groups excluding tert-OH is 1. The summed E-state index contributed by atoms with van der Waals surface area (Å²) in [6.07, 6.45) is 0.953. The van der Waals surface area contributed by atoms with E-state index in [9.17, 15) is 4.79 Å². The number of amides is 1. The molecule has 5 heteroatoms. The minimum Gasteiger partial charge on any atom is -0.393 e. The Balaban J connectivity index is 2.19. The van der Waals surface area contributed by atoms with E-state index in [2.05, 4.69) is 0 Å². The number of carbonyl (C=O) groups is 1. The fourth-order valence-electron chi connectivity index (χ4n) is 1.73. The molecular formula is C10H19N3O2. The lowest BCUT2D eigenvalue weighted by Gasteiger charge is -2.40. The molecule has 1 heterocycles. The maximum Gasteiger partial charge on any atom is 0.225 e. The van der Waals surface area contributed by atoms with Gasteiger partial charge in [0.25, 0.3) is 0 Å². The number of nitrogens with one attached hydrogen (secondary N) is 1. The Bertz CT molecular complexity index is 237. The molecule has 0 aromatic rings. The van der Waals surface area contributed by atoms with Crippen molar-refractivity contribution >= 4 is 12.2 Å². The summed E-state index contributed by atoms with van der Waals surface area (Å²) in [5.74, 6) is 0.494. The molecule has 0 aromatic carbocycles. The first-order valence-electron chi connectivity index (χ1n) is 5.19. The van der Waals surface area contributed by atoms with Crippen molar-refractivity contribution in [1.29, 1.82) is 5.41 Å². The molecule has 1 rings (SSSR count). The van der Waals surface area contributed by atoms with Crippen molar-refractivity contribution in [3.63, 3.8) is 0 Å². The second-order valence-corrected chi connectivity index (χ2v) is 4.29. The summed E-state index contributed by atoms with van der Waals surface area (Å²) in [5.41, 5.74) is 0. The van der Waals surface area contributed by atoms with E-state index in [1.165, 1.54) is 6.34 Å². The second kappa shape index (κ2) is 5.11. The Morgan fingerprint density at radius 3 is 2.80 bits per heavy atom. The molecule has 15 heavy (non-hydrogen) atoms. The molecule has 0 saturated carbocycles. The quantitative estimate of drug-likeness (QED) is 0.489. The van der Waals surface area contributed by atoms with Gasteiger partial charge in [-0.15, -0.1) is 0 Å². The highest BCUT2D eigenvalue weighted by Gasteiger charge is 2.30. The third-order valence-electron chi connectivity index (χ3n) is 2.55. The first-order chi connectivity index (χ1) is 7.02. The molecule has 0 aromatic heterocycles. The van der Waals surface area contributed by atoms with Crippen molar-refractivity contribution in [1.82, 2.24) is 9.80 Å². The summed E-state index contributed by atoms with van der Waals surface area (Å²) in [7, 11) is 1.85. The van der Waals surface area contributed by atoms with Crippen LogP contribution in [0.5, 0.6) is 0 Å². The maximum absolute atomic E-state index is 11.4. The fourth-order valence-corrected chi connectivity index (χ4v) is 1.73. The zero-order chi connectivity index (χ0) is 11.4. The van der Waals surface area contributed by atoms with Gasteiger partial charge in [0.15, 0.2) is 0 Å². The summed E-state index contributed by atoms with van der Waals surface area (Å²) in [5, 5.41) is 16.1. The van der Waals surface area contributed by atoms with Crippen molar-refractivity contribution < 1.29 is 9.90 Å². The van der Waals surface area contributed by atoms with Gasteiger partial charge < -0.3 is 14.9 Å². The van der Waals surface area contributed by atoms with Gasteiger partial charge in [-0.05, 0) is 6.92 Å². The number of rotatable bonds is 5. The predicted octanol–water partition coefficient (Wildman–Crippen LogP) is -0.245. The number of likely N-dealkylation sites (tertiary alicyclic amines) is 1. The van der Waals surface area contributed by atoms with Gasteiger partial charge in [-0.1, -0.05) is 0 Å². The molecule has 86 valence electrons. The average Bonchev–Trinajstić information content (AvgIpc) is 2.08. The Labute approximate surface area is 90.2 Å². The minimum absolute atomic E-state index is 0.0266. The van der Waals surface area contributed by atoms with Crippen LogP contribution in [-0.2, 0) is 4.79 Å². The van der Waals surface area contributed by atoms with E-state index in [0.29, 0.717) is 5.92 Å². The normalized spacial score (nSPS) is 18.2. The van der Waals surface area contributed by atoms with Crippen molar-refractivity contribution in [2.24, 2.45) is 5.92 Å². The van der Waals surface area contributed by atoms with Crippen molar-refractivity contribution in [3.05, 3.63) is 0 Å². The first-order valence-corrected chi connectivity index (χ1v) is 5.19. The topological polar surface area (TPSA) is 67.6 Å². The number of aliphatic hydroxyl groups is 1. The van der Waals surface area contributed by atoms with Crippen LogP contribution >= 0.6 is 0 Å². The van der Waals surface area contributed by atoms with Gasteiger partial charge in [0, 0.05) is 32.6 Å². The Kier molecular flexibility index (Phi) is 4.08. The summed E-state index contributed by atoms with van der Waals surface area (Å²) in [6.45, 7) is 3.95.